The standard InChI is InChI=1S/C10H10ClN5/c1-6-2-3-13-4-7(6)16-10-8(12)9(11)14-5-15-10/h2-5H,12H2,1H3,(H,14,15,16). The molecular weight excluding hydrogens is 226 g/mol. The SMILES string of the molecule is Cc1ccncc1Nc1ncnc(Cl)c1N. The van der Waals surface area contributed by atoms with E-state index in [1.807, 2.05) is 13.0 Å². The minimum atomic E-state index is 0.235. The fourth-order valence-electron chi connectivity index (χ4n) is 1.20. The summed E-state index contributed by atoms with van der Waals surface area (Å²) < 4.78 is 0. The smallest absolute Gasteiger partial charge is 0.158 e. The summed E-state index contributed by atoms with van der Waals surface area (Å²) in [4.78, 5) is 11.8. The van der Waals surface area contributed by atoms with E-state index in [2.05, 4.69) is 20.3 Å². The van der Waals surface area contributed by atoms with Crippen molar-refractivity contribution in [1.82, 2.24) is 15.0 Å². The first-order valence-electron chi connectivity index (χ1n) is 4.62. The highest BCUT2D eigenvalue weighted by Gasteiger charge is 2.07. The number of aryl methyl sites for hydroxylation is 1. The third-order valence-electron chi connectivity index (χ3n) is 2.13. The summed E-state index contributed by atoms with van der Waals surface area (Å²) in [5, 5.41) is 3.29. The molecule has 0 radical (unpaired) electrons. The largest absolute Gasteiger partial charge is 0.393 e. The number of rotatable bonds is 2. The molecule has 0 aliphatic rings. The lowest BCUT2D eigenvalue weighted by molar-refractivity contribution is 1.16. The van der Waals surface area contributed by atoms with Gasteiger partial charge in [-0.3, -0.25) is 4.98 Å². The molecule has 0 saturated carbocycles. The van der Waals surface area contributed by atoms with E-state index < -0.39 is 0 Å². The maximum Gasteiger partial charge on any atom is 0.158 e. The molecule has 0 bridgehead atoms. The summed E-state index contributed by atoms with van der Waals surface area (Å²) in [7, 11) is 0. The molecule has 2 heterocycles. The van der Waals surface area contributed by atoms with Crippen LogP contribution in [0.5, 0.6) is 0 Å². The second kappa shape index (κ2) is 4.32. The summed E-state index contributed by atoms with van der Waals surface area (Å²) >= 11 is 5.79. The average molecular weight is 236 g/mol. The van der Waals surface area contributed by atoms with Gasteiger partial charge in [0.05, 0.1) is 11.9 Å². The van der Waals surface area contributed by atoms with Gasteiger partial charge in [0.25, 0.3) is 0 Å². The van der Waals surface area contributed by atoms with Gasteiger partial charge in [-0.2, -0.15) is 0 Å². The molecule has 82 valence electrons. The second-order valence-electron chi connectivity index (χ2n) is 3.24. The molecular formula is C10H10ClN5. The second-order valence-corrected chi connectivity index (χ2v) is 3.60. The van der Waals surface area contributed by atoms with Crippen LogP contribution in [0, 0.1) is 6.92 Å². The molecule has 5 nitrogen and oxygen atoms in total. The van der Waals surface area contributed by atoms with E-state index in [-0.39, 0.29) is 5.15 Å². The minimum Gasteiger partial charge on any atom is -0.393 e. The molecule has 2 aromatic heterocycles. The molecule has 0 spiro atoms. The van der Waals surface area contributed by atoms with Crippen LogP contribution >= 0.6 is 11.6 Å². The van der Waals surface area contributed by atoms with E-state index >= 15 is 0 Å². The van der Waals surface area contributed by atoms with Crippen LogP contribution < -0.4 is 11.1 Å². The zero-order valence-corrected chi connectivity index (χ0v) is 9.36. The Hall–Kier alpha value is -1.88. The molecule has 0 aliphatic heterocycles. The molecule has 2 aromatic rings. The maximum absolute atomic E-state index is 5.79. The van der Waals surface area contributed by atoms with Crippen LogP contribution in [0.2, 0.25) is 5.15 Å². The van der Waals surface area contributed by atoms with Gasteiger partial charge in [-0.1, -0.05) is 11.6 Å². The van der Waals surface area contributed by atoms with Crippen molar-refractivity contribution in [1.29, 1.82) is 0 Å². The molecule has 0 aliphatic carbocycles. The normalized spacial score (nSPS) is 10.1. The number of nitrogens with two attached hydrogens (primary N) is 1. The van der Waals surface area contributed by atoms with Gasteiger partial charge in [-0.15, -0.1) is 0 Å². The van der Waals surface area contributed by atoms with E-state index in [4.69, 9.17) is 17.3 Å². The fourth-order valence-corrected chi connectivity index (χ4v) is 1.33. The lowest BCUT2D eigenvalue weighted by Gasteiger charge is -2.09. The number of anilines is 3. The third kappa shape index (κ3) is 2.04. The van der Waals surface area contributed by atoms with Crippen LogP contribution in [0.4, 0.5) is 17.2 Å². The van der Waals surface area contributed by atoms with Crippen molar-refractivity contribution < 1.29 is 0 Å². The van der Waals surface area contributed by atoms with Crippen molar-refractivity contribution in [2.24, 2.45) is 0 Å². The Bertz CT molecular complexity index is 514. The molecule has 0 fully saturated rings. The maximum atomic E-state index is 5.79. The lowest BCUT2D eigenvalue weighted by atomic mass is 10.2. The molecule has 6 heteroatoms. The Balaban J connectivity index is 2.35. The highest BCUT2D eigenvalue weighted by Crippen LogP contribution is 2.26. The van der Waals surface area contributed by atoms with Crippen LogP contribution in [0.1, 0.15) is 5.56 Å². The Labute approximate surface area is 97.7 Å². The lowest BCUT2D eigenvalue weighted by Crippen LogP contribution is -2.02. The van der Waals surface area contributed by atoms with Gasteiger partial charge in [-0.05, 0) is 18.6 Å². The summed E-state index contributed by atoms with van der Waals surface area (Å²) in [6, 6.07) is 1.89. The van der Waals surface area contributed by atoms with Crippen LogP contribution in [-0.2, 0) is 0 Å². The van der Waals surface area contributed by atoms with Gasteiger partial charge in [0, 0.05) is 6.20 Å². The molecule has 0 saturated heterocycles. The fraction of sp³-hybridized carbons (Fsp3) is 0.100. The number of halogens is 1. The Morgan fingerprint density at radius 2 is 2.19 bits per heavy atom. The number of hydrogen-bond donors (Lipinski definition) is 2. The molecule has 0 amide bonds. The molecule has 0 unspecified atom stereocenters. The predicted octanol–water partition coefficient (Wildman–Crippen LogP) is 2.16. The number of nitrogen functional groups attached to an aromatic ring is 1. The van der Waals surface area contributed by atoms with E-state index in [1.54, 1.807) is 12.4 Å². The molecule has 0 aromatic carbocycles. The van der Waals surface area contributed by atoms with Crippen molar-refractivity contribution in [2.75, 3.05) is 11.1 Å². The van der Waals surface area contributed by atoms with Crippen molar-refractivity contribution >= 4 is 28.8 Å². The number of aromatic nitrogens is 3. The van der Waals surface area contributed by atoms with Crippen molar-refractivity contribution in [2.45, 2.75) is 6.92 Å². The summed E-state index contributed by atoms with van der Waals surface area (Å²) in [5.74, 6) is 0.483. The first-order valence-corrected chi connectivity index (χ1v) is 5.00. The Morgan fingerprint density at radius 3 is 2.94 bits per heavy atom. The van der Waals surface area contributed by atoms with E-state index in [1.165, 1.54) is 6.33 Å². The van der Waals surface area contributed by atoms with Crippen LogP contribution in [-0.4, -0.2) is 15.0 Å². The topological polar surface area (TPSA) is 76.7 Å². The third-order valence-corrected chi connectivity index (χ3v) is 2.43. The van der Waals surface area contributed by atoms with E-state index in [0.717, 1.165) is 11.3 Å². The Kier molecular flexibility index (Phi) is 2.87. The summed E-state index contributed by atoms with van der Waals surface area (Å²) in [6.45, 7) is 1.96. The summed E-state index contributed by atoms with van der Waals surface area (Å²) in [5.41, 5.74) is 7.95. The molecule has 2 rings (SSSR count). The van der Waals surface area contributed by atoms with Crippen molar-refractivity contribution in [3.05, 3.63) is 35.5 Å². The number of nitrogens with zero attached hydrogens (tertiary/aromatic N) is 3. The summed E-state index contributed by atoms with van der Waals surface area (Å²) in [6.07, 6.45) is 4.77. The zero-order valence-electron chi connectivity index (χ0n) is 8.61. The van der Waals surface area contributed by atoms with Gasteiger partial charge < -0.3 is 11.1 Å². The van der Waals surface area contributed by atoms with E-state index in [0.29, 0.717) is 11.5 Å². The highest BCUT2D eigenvalue weighted by molar-refractivity contribution is 6.32. The zero-order chi connectivity index (χ0) is 11.5. The molecule has 3 N–H and O–H groups in total. The quantitative estimate of drug-likeness (QED) is 0.780. The average Bonchev–Trinajstić information content (AvgIpc) is 2.28. The minimum absolute atomic E-state index is 0.235. The van der Waals surface area contributed by atoms with Crippen LogP contribution in [0.3, 0.4) is 0 Å². The monoisotopic (exact) mass is 235 g/mol. The van der Waals surface area contributed by atoms with Gasteiger partial charge in [0.1, 0.15) is 12.0 Å². The van der Waals surface area contributed by atoms with Gasteiger partial charge in [0.15, 0.2) is 11.0 Å². The van der Waals surface area contributed by atoms with Crippen molar-refractivity contribution in [3.8, 4) is 0 Å². The first-order chi connectivity index (χ1) is 7.68. The van der Waals surface area contributed by atoms with Gasteiger partial charge >= 0.3 is 0 Å². The van der Waals surface area contributed by atoms with Crippen LogP contribution in [0.25, 0.3) is 0 Å². The van der Waals surface area contributed by atoms with Gasteiger partial charge in [0.2, 0.25) is 0 Å². The first kappa shape index (κ1) is 10.6. The molecule has 0 atom stereocenters. The van der Waals surface area contributed by atoms with Crippen LogP contribution in [0.15, 0.2) is 24.8 Å². The van der Waals surface area contributed by atoms with Crippen molar-refractivity contribution in [3.63, 3.8) is 0 Å². The van der Waals surface area contributed by atoms with E-state index in [9.17, 15) is 0 Å². The molecule has 16 heavy (non-hydrogen) atoms. The predicted molar refractivity (Wildman–Crippen MR) is 63.7 cm³/mol. The number of nitrogens with one attached hydrogen (secondary N) is 1. The number of pyridine rings is 1. The Morgan fingerprint density at radius 1 is 1.38 bits per heavy atom. The highest BCUT2D eigenvalue weighted by atomic mass is 35.5. The number of hydrogen-bond acceptors (Lipinski definition) is 5. The van der Waals surface area contributed by atoms with Gasteiger partial charge in [-0.25, -0.2) is 9.97 Å².